The number of anilines is 1. The third kappa shape index (κ3) is 3.94. The Bertz CT molecular complexity index is 1470. The van der Waals surface area contributed by atoms with Crippen molar-refractivity contribution in [3.8, 4) is 5.88 Å². The third-order valence-electron chi connectivity index (χ3n) is 4.21. The molecule has 10 nitrogen and oxygen atoms in total. The first-order chi connectivity index (χ1) is 14.6. The average molecular weight is 436 g/mol. The maximum Gasteiger partial charge on any atom is 0.416 e. The van der Waals surface area contributed by atoms with Crippen LogP contribution in [0.2, 0.25) is 0 Å². The summed E-state index contributed by atoms with van der Waals surface area (Å²) in [6, 6.07) is 2.26. The van der Waals surface area contributed by atoms with Crippen LogP contribution in [0.4, 0.5) is 23.5 Å². The van der Waals surface area contributed by atoms with Gasteiger partial charge in [-0.25, -0.2) is 14.2 Å². The SMILES string of the molecule is Nc1nc(=NCc2ccc(F)cc2C(F)(F)F)nc2c(=Cc3[nH]c(=O)[nH]c3O)cnn12. The number of aromatic nitrogens is 6. The highest BCUT2D eigenvalue weighted by Crippen LogP contribution is 2.32. The zero-order chi connectivity index (χ0) is 22.3. The van der Waals surface area contributed by atoms with E-state index in [1.165, 1.54) is 12.3 Å². The summed E-state index contributed by atoms with van der Waals surface area (Å²) in [4.78, 5) is 27.7. The van der Waals surface area contributed by atoms with Gasteiger partial charge in [-0.15, -0.1) is 0 Å². The van der Waals surface area contributed by atoms with Crippen molar-refractivity contribution >= 4 is 17.7 Å². The van der Waals surface area contributed by atoms with E-state index in [1.54, 1.807) is 0 Å². The first-order valence-electron chi connectivity index (χ1n) is 8.52. The Morgan fingerprint density at radius 3 is 2.71 bits per heavy atom. The maximum atomic E-state index is 13.3. The zero-order valence-electron chi connectivity index (χ0n) is 15.3. The van der Waals surface area contributed by atoms with E-state index in [0.717, 1.165) is 16.6 Å². The van der Waals surface area contributed by atoms with Crippen LogP contribution in [0.5, 0.6) is 5.88 Å². The molecule has 0 radical (unpaired) electrons. The molecule has 0 amide bonds. The maximum absolute atomic E-state index is 13.3. The molecule has 0 fully saturated rings. The summed E-state index contributed by atoms with van der Waals surface area (Å²) >= 11 is 0. The molecule has 0 atom stereocenters. The molecule has 0 aliphatic carbocycles. The predicted octanol–water partition coefficient (Wildman–Crippen LogP) is 0.235. The van der Waals surface area contributed by atoms with Gasteiger partial charge in [-0.2, -0.15) is 32.8 Å². The Labute approximate surface area is 168 Å². The van der Waals surface area contributed by atoms with Crippen LogP contribution >= 0.6 is 0 Å². The Morgan fingerprint density at radius 1 is 1.26 bits per heavy atom. The second kappa shape index (κ2) is 7.23. The molecule has 160 valence electrons. The fourth-order valence-corrected chi connectivity index (χ4v) is 2.83. The van der Waals surface area contributed by atoms with E-state index < -0.39 is 35.7 Å². The number of aromatic amines is 2. The number of aromatic hydroxyl groups is 1. The Balaban J connectivity index is 1.81. The number of rotatable bonds is 3. The van der Waals surface area contributed by atoms with Gasteiger partial charge >= 0.3 is 11.9 Å². The number of hydrogen-bond donors (Lipinski definition) is 4. The molecule has 0 aliphatic rings. The lowest BCUT2D eigenvalue weighted by Crippen LogP contribution is -2.21. The van der Waals surface area contributed by atoms with E-state index in [9.17, 15) is 27.5 Å². The number of imidazole rings is 1. The Kier molecular flexibility index (Phi) is 4.68. The van der Waals surface area contributed by atoms with Gasteiger partial charge in [0.05, 0.1) is 18.3 Å². The minimum Gasteiger partial charge on any atom is -0.493 e. The molecule has 5 N–H and O–H groups in total. The largest absolute Gasteiger partial charge is 0.493 e. The van der Waals surface area contributed by atoms with Crippen LogP contribution < -0.4 is 22.3 Å². The van der Waals surface area contributed by atoms with Crippen LogP contribution in [0, 0.1) is 5.82 Å². The van der Waals surface area contributed by atoms with E-state index in [-0.39, 0.29) is 28.5 Å². The molecule has 3 heterocycles. The van der Waals surface area contributed by atoms with Crippen LogP contribution in [0.15, 0.2) is 34.2 Å². The molecule has 3 aromatic heterocycles. The van der Waals surface area contributed by atoms with Crippen molar-refractivity contribution in [1.29, 1.82) is 0 Å². The van der Waals surface area contributed by atoms with Crippen molar-refractivity contribution in [2.24, 2.45) is 4.99 Å². The fourth-order valence-electron chi connectivity index (χ4n) is 2.83. The lowest BCUT2D eigenvalue weighted by atomic mass is 10.1. The predicted molar refractivity (Wildman–Crippen MR) is 97.7 cm³/mol. The highest BCUT2D eigenvalue weighted by molar-refractivity contribution is 5.57. The number of nitrogen functional groups attached to an aromatic ring is 1. The van der Waals surface area contributed by atoms with E-state index in [0.29, 0.717) is 11.3 Å². The normalized spacial score (nSPS) is 13.4. The second-order valence-electron chi connectivity index (χ2n) is 6.32. The van der Waals surface area contributed by atoms with Gasteiger partial charge in [-0.1, -0.05) is 6.07 Å². The molecular weight excluding hydrogens is 424 g/mol. The Hall–Kier alpha value is -4.23. The van der Waals surface area contributed by atoms with Crippen molar-refractivity contribution in [3.63, 3.8) is 0 Å². The number of alkyl halides is 3. The van der Waals surface area contributed by atoms with Gasteiger partial charge < -0.3 is 15.8 Å². The minimum atomic E-state index is -4.76. The third-order valence-corrected chi connectivity index (χ3v) is 4.21. The molecule has 31 heavy (non-hydrogen) atoms. The summed E-state index contributed by atoms with van der Waals surface area (Å²) in [6.45, 7) is -0.482. The molecule has 0 saturated carbocycles. The molecule has 0 unspecified atom stereocenters. The van der Waals surface area contributed by atoms with E-state index >= 15 is 0 Å². The topological polar surface area (TPSA) is 150 Å². The summed E-state index contributed by atoms with van der Waals surface area (Å²) in [5.74, 6) is -1.58. The molecule has 0 aliphatic heterocycles. The molecular formula is C17H12F4N8O2. The summed E-state index contributed by atoms with van der Waals surface area (Å²) in [5.41, 5.74) is 3.70. The average Bonchev–Trinajstić information content (AvgIpc) is 3.23. The summed E-state index contributed by atoms with van der Waals surface area (Å²) in [7, 11) is 0. The van der Waals surface area contributed by atoms with Crippen LogP contribution in [-0.4, -0.2) is 34.7 Å². The second-order valence-corrected chi connectivity index (χ2v) is 6.32. The smallest absolute Gasteiger partial charge is 0.416 e. The lowest BCUT2D eigenvalue weighted by Gasteiger charge is -2.11. The summed E-state index contributed by atoms with van der Waals surface area (Å²) < 4.78 is 53.9. The zero-order valence-corrected chi connectivity index (χ0v) is 15.3. The van der Waals surface area contributed by atoms with Gasteiger partial charge in [0.2, 0.25) is 17.4 Å². The number of nitrogens with zero attached hydrogens (tertiary/aromatic N) is 5. The molecule has 4 aromatic rings. The number of nitrogens with one attached hydrogen (secondary N) is 2. The standard InChI is InChI=1S/C17H12F4N8O2/c18-9-2-1-7(10(4-9)17(19,20)21)5-23-15-26-12-8(6-24-29(12)14(22)28-15)3-11-13(30)27-16(31)25-11/h1-4,6,30H,5H2,(H2,22,23,28)(H2,25,27,31). The van der Waals surface area contributed by atoms with Gasteiger partial charge in [0.25, 0.3) is 0 Å². The lowest BCUT2D eigenvalue weighted by molar-refractivity contribution is -0.138. The molecule has 14 heteroatoms. The van der Waals surface area contributed by atoms with E-state index in [1.807, 2.05) is 0 Å². The minimum absolute atomic E-state index is 0.0525. The number of H-pyrrole nitrogens is 2. The van der Waals surface area contributed by atoms with E-state index in [2.05, 4.69) is 30.0 Å². The molecule has 0 spiro atoms. The van der Waals surface area contributed by atoms with Crippen molar-refractivity contribution in [2.45, 2.75) is 12.7 Å². The number of halogens is 4. The molecule has 4 rings (SSSR count). The number of fused-ring (bicyclic) bond motifs is 1. The van der Waals surface area contributed by atoms with Gasteiger partial charge in [-0.05, 0) is 23.8 Å². The van der Waals surface area contributed by atoms with Crippen molar-refractivity contribution in [1.82, 2.24) is 29.5 Å². The summed E-state index contributed by atoms with van der Waals surface area (Å²) in [6.07, 6.45) is -2.08. The number of nitrogens with two attached hydrogens (primary N) is 1. The first kappa shape index (κ1) is 20.1. The van der Waals surface area contributed by atoms with Crippen molar-refractivity contribution < 1.29 is 22.7 Å². The van der Waals surface area contributed by atoms with Crippen LogP contribution in [0.3, 0.4) is 0 Å². The summed E-state index contributed by atoms with van der Waals surface area (Å²) in [5, 5.41) is 14.0. The number of hydrogen-bond acceptors (Lipinski definition) is 7. The fraction of sp³-hybridized carbons (Fsp3) is 0.118. The van der Waals surface area contributed by atoms with Gasteiger partial charge in [0.15, 0.2) is 5.65 Å². The van der Waals surface area contributed by atoms with Gasteiger partial charge in [0.1, 0.15) is 11.5 Å². The van der Waals surface area contributed by atoms with E-state index in [4.69, 9.17) is 5.73 Å². The highest BCUT2D eigenvalue weighted by Gasteiger charge is 2.33. The quantitative estimate of drug-likeness (QED) is 0.338. The monoisotopic (exact) mass is 436 g/mol. The van der Waals surface area contributed by atoms with Crippen molar-refractivity contribution in [2.75, 3.05) is 5.73 Å². The van der Waals surface area contributed by atoms with Crippen LogP contribution in [0.1, 0.15) is 16.8 Å². The van der Waals surface area contributed by atoms with Crippen LogP contribution in [0.25, 0.3) is 11.7 Å². The molecule has 1 aromatic carbocycles. The Morgan fingerprint density at radius 2 is 2.03 bits per heavy atom. The van der Waals surface area contributed by atoms with Gasteiger partial charge in [0, 0.05) is 5.22 Å². The highest BCUT2D eigenvalue weighted by atomic mass is 19.4. The molecule has 0 saturated heterocycles. The van der Waals surface area contributed by atoms with Crippen LogP contribution in [-0.2, 0) is 12.7 Å². The first-order valence-corrected chi connectivity index (χ1v) is 8.52. The number of benzene rings is 1. The van der Waals surface area contributed by atoms with Crippen molar-refractivity contribution in [3.05, 3.63) is 68.4 Å². The van der Waals surface area contributed by atoms with Gasteiger partial charge in [-0.3, -0.25) is 4.98 Å². The molecule has 0 bridgehead atoms.